The van der Waals surface area contributed by atoms with E-state index in [2.05, 4.69) is 30.3 Å². The van der Waals surface area contributed by atoms with Crippen molar-refractivity contribution in [1.29, 1.82) is 0 Å². The minimum absolute atomic E-state index is 0.431. The predicted molar refractivity (Wildman–Crippen MR) is 51.4 cm³/mol. The Morgan fingerprint density at radius 3 is 2.87 bits per heavy atom. The lowest BCUT2D eigenvalue weighted by Crippen LogP contribution is -2.22. The lowest BCUT2D eigenvalue weighted by atomic mass is 10.2. The fourth-order valence-corrected chi connectivity index (χ4v) is 0.889. The van der Waals surface area contributed by atoms with Crippen molar-refractivity contribution >= 4 is 11.8 Å². The molecule has 1 rings (SSSR count). The zero-order valence-electron chi connectivity index (χ0n) is 8.77. The smallest absolute Gasteiger partial charge is 0.320 e. The Balaban J connectivity index is 2.61. The second-order valence-corrected chi connectivity index (χ2v) is 2.78. The van der Waals surface area contributed by atoms with Crippen molar-refractivity contribution in [2.24, 2.45) is 5.16 Å². The van der Waals surface area contributed by atoms with Crippen molar-refractivity contribution in [2.75, 3.05) is 6.54 Å². The average molecular weight is 212 g/mol. The zero-order valence-corrected chi connectivity index (χ0v) is 8.77. The second kappa shape index (κ2) is 5.08. The molecule has 0 aromatic carbocycles. The molecule has 0 spiro atoms. The SMILES string of the molecule is CCNC(=O)O/N=C(\C)c1nonc1C. The van der Waals surface area contributed by atoms with Gasteiger partial charge in [0.2, 0.25) is 0 Å². The summed E-state index contributed by atoms with van der Waals surface area (Å²) in [5, 5.41) is 13.2. The third-order valence-electron chi connectivity index (χ3n) is 1.58. The monoisotopic (exact) mass is 212 g/mol. The van der Waals surface area contributed by atoms with Crippen LogP contribution in [-0.4, -0.2) is 28.7 Å². The van der Waals surface area contributed by atoms with E-state index >= 15 is 0 Å². The van der Waals surface area contributed by atoms with Gasteiger partial charge in [-0.05, 0) is 25.9 Å². The number of nitrogens with zero attached hydrogens (tertiary/aromatic N) is 3. The first-order valence-electron chi connectivity index (χ1n) is 4.44. The first-order valence-corrected chi connectivity index (χ1v) is 4.44. The normalized spacial score (nSPS) is 11.3. The molecule has 15 heavy (non-hydrogen) atoms. The minimum atomic E-state index is -0.606. The van der Waals surface area contributed by atoms with Gasteiger partial charge in [0.15, 0.2) is 5.69 Å². The minimum Gasteiger partial charge on any atom is -0.320 e. The molecule has 0 aliphatic carbocycles. The van der Waals surface area contributed by atoms with Crippen molar-refractivity contribution < 1.29 is 14.3 Å². The number of nitrogens with one attached hydrogen (secondary N) is 1. The number of carbonyl (C=O) groups is 1. The van der Waals surface area contributed by atoms with Gasteiger partial charge < -0.3 is 5.32 Å². The molecule has 0 saturated carbocycles. The van der Waals surface area contributed by atoms with Crippen LogP contribution in [0.5, 0.6) is 0 Å². The van der Waals surface area contributed by atoms with E-state index < -0.39 is 6.09 Å². The second-order valence-electron chi connectivity index (χ2n) is 2.78. The summed E-state index contributed by atoms with van der Waals surface area (Å²) in [5.74, 6) is 0. The largest absolute Gasteiger partial charge is 0.433 e. The molecule has 0 atom stereocenters. The lowest BCUT2D eigenvalue weighted by Gasteiger charge is -1.98. The van der Waals surface area contributed by atoms with Crippen molar-refractivity contribution in [1.82, 2.24) is 15.6 Å². The third-order valence-corrected chi connectivity index (χ3v) is 1.58. The topological polar surface area (TPSA) is 89.6 Å². The van der Waals surface area contributed by atoms with E-state index in [-0.39, 0.29) is 0 Å². The molecule has 82 valence electrons. The molecular weight excluding hydrogens is 200 g/mol. The Morgan fingerprint density at radius 2 is 2.33 bits per heavy atom. The molecule has 0 fully saturated rings. The van der Waals surface area contributed by atoms with Gasteiger partial charge in [0.1, 0.15) is 11.4 Å². The third kappa shape index (κ3) is 3.04. The van der Waals surface area contributed by atoms with Crippen LogP contribution in [0.4, 0.5) is 4.79 Å². The highest BCUT2D eigenvalue weighted by Gasteiger charge is 2.09. The van der Waals surface area contributed by atoms with Crippen LogP contribution in [-0.2, 0) is 4.84 Å². The summed E-state index contributed by atoms with van der Waals surface area (Å²) >= 11 is 0. The van der Waals surface area contributed by atoms with Crippen molar-refractivity contribution in [3.05, 3.63) is 11.4 Å². The van der Waals surface area contributed by atoms with Crippen LogP contribution >= 0.6 is 0 Å². The Labute approximate surface area is 86.4 Å². The van der Waals surface area contributed by atoms with E-state index in [1.54, 1.807) is 20.8 Å². The van der Waals surface area contributed by atoms with Gasteiger partial charge in [-0.15, -0.1) is 0 Å². The van der Waals surface area contributed by atoms with Gasteiger partial charge in [0.25, 0.3) is 0 Å². The van der Waals surface area contributed by atoms with E-state index in [1.165, 1.54) is 0 Å². The summed E-state index contributed by atoms with van der Waals surface area (Å²) in [6.07, 6.45) is -0.606. The number of oxime groups is 1. The maximum atomic E-state index is 10.9. The van der Waals surface area contributed by atoms with Gasteiger partial charge in [-0.2, -0.15) is 0 Å². The highest BCUT2D eigenvalue weighted by molar-refractivity contribution is 5.97. The van der Waals surface area contributed by atoms with Gasteiger partial charge in [0.05, 0.1) is 0 Å². The van der Waals surface area contributed by atoms with Crippen LogP contribution in [0.3, 0.4) is 0 Å². The van der Waals surface area contributed by atoms with E-state index in [0.717, 1.165) is 0 Å². The number of amides is 1. The lowest BCUT2D eigenvalue weighted by molar-refractivity contribution is 0.151. The van der Waals surface area contributed by atoms with Gasteiger partial charge in [0, 0.05) is 6.54 Å². The Kier molecular flexibility index (Phi) is 3.78. The Morgan fingerprint density at radius 1 is 1.60 bits per heavy atom. The Bertz CT molecular complexity index is 372. The molecule has 0 radical (unpaired) electrons. The molecule has 0 aliphatic heterocycles. The number of rotatable bonds is 3. The maximum absolute atomic E-state index is 10.9. The fourth-order valence-electron chi connectivity index (χ4n) is 0.889. The maximum Gasteiger partial charge on any atom is 0.433 e. The summed E-state index contributed by atoms with van der Waals surface area (Å²) in [7, 11) is 0. The van der Waals surface area contributed by atoms with E-state index in [0.29, 0.717) is 23.6 Å². The highest BCUT2D eigenvalue weighted by Crippen LogP contribution is 2.02. The highest BCUT2D eigenvalue weighted by atomic mass is 16.7. The molecule has 7 nitrogen and oxygen atoms in total. The quantitative estimate of drug-likeness (QED) is 0.455. The van der Waals surface area contributed by atoms with Crippen LogP contribution in [0.15, 0.2) is 9.78 Å². The van der Waals surface area contributed by atoms with Crippen LogP contribution in [0, 0.1) is 6.92 Å². The molecule has 0 unspecified atom stereocenters. The van der Waals surface area contributed by atoms with Crippen LogP contribution in [0.25, 0.3) is 0 Å². The molecule has 7 heteroatoms. The summed E-state index contributed by atoms with van der Waals surface area (Å²) in [4.78, 5) is 15.5. The molecule has 0 saturated heterocycles. The van der Waals surface area contributed by atoms with Crippen molar-refractivity contribution in [2.45, 2.75) is 20.8 Å². The summed E-state index contributed by atoms with van der Waals surface area (Å²) < 4.78 is 4.48. The van der Waals surface area contributed by atoms with Gasteiger partial charge >= 0.3 is 6.09 Å². The summed E-state index contributed by atoms with van der Waals surface area (Å²) in [6, 6.07) is 0. The first-order chi connectivity index (χ1) is 7.15. The van der Waals surface area contributed by atoms with Gasteiger partial charge in [-0.25, -0.2) is 9.42 Å². The summed E-state index contributed by atoms with van der Waals surface area (Å²) in [5.41, 5.74) is 1.50. The van der Waals surface area contributed by atoms with Crippen LogP contribution in [0.2, 0.25) is 0 Å². The van der Waals surface area contributed by atoms with Crippen LogP contribution in [0.1, 0.15) is 25.2 Å². The molecule has 1 heterocycles. The molecule has 1 amide bonds. The number of hydrogen-bond acceptors (Lipinski definition) is 6. The standard InChI is InChI=1S/C8H12N4O3/c1-4-9-8(13)14-10-5(2)7-6(3)11-15-12-7/h4H2,1-3H3,(H,9,13)/b10-5+. The number of carbonyl (C=O) groups excluding carboxylic acids is 1. The first kappa shape index (κ1) is 11.2. The molecule has 1 aromatic heterocycles. The molecule has 0 bridgehead atoms. The fraction of sp³-hybridized carbons (Fsp3) is 0.500. The number of aryl methyl sites for hydroxylation is 1. The molecule has 0 aliphatic rings. The van der Waals surface area contributed by atoms with Gasteiger partial charge in [-0.3, -0.25) is 4.84 Å². The van der Waals surface area contributed by atoms with E-state index in [4.69, 9.17) is 0 Å². The molecule has 1 N–H and O–H groups in total. The molecular formula is C8H12N4O3. The van der Waals surface area contributed by atoms with E-state index in [1.807, 2.05) is 0 Å². The van der Waals surface area contributed by atoms with E-state index in [9.17, 15) is 4.79 Å². The number of hydrogen-bond donors (Lipinski definition) is 1. The Hall–Kier alpha value is -1.92. The number of aromatic nitrogens is 2. The van der Waals surface area contributed by atoms with Crippen molar-refractivity contribution in [3.63, 3.8) is 0 Å². The summed E-state index contributed by atoms with van der Waals surface area (Å²) in [6.45, 7) is 5.63. The zero-order chi connectivity index (χ0) is 11.3. The van der Waals surface area contributed by atoms with Crippen molar-refractivity contribution in [3.8, 4) is 0 Å². The van der Waals surface area contributed by atoms with Crippen LogP contribution < -0.4 is 5.32 Å². The molecule has 1 aromatic rings. The van der Waals surface area contributed by atoms with Gasteiger partial charge in [-0.1, -0.05) is 10.3 Å². The average Bonchev–Trinajstić information content (AvgIpc) is 2.61. The predicted octanol–water partition coefficient (Wildman–Crippen LogP) is 0.848.